The Kier molecular flexibility index (Phi) is 10.8. The molecular weight excluding hydrogens is 314 g/mol. The summed E-state index contributed by atoms with van der Waals surface area (Å²) < 4.78 is 1.86. The molecule has 0 aliphatic heterocycles. The van der Waals surface area contributed by atoms with E-state index >= 15 is 0 Å². The van der Waals surface area contributed by atoms with Gasteiger partial charge < -0.3 is 0 Å². The van der Waals surface area contributed by atoms with Crippen molar-refractivity contribution in [3.63, 3.8) is 0 Å². The van der Waals surface area contributed by atoms with Crippen LogP contribution in [0.25, 0.3) is 0 Å². The van der Waals surface area contributed by atoms with E-state index in [1.54, 1.807) is 5.20 Å². The van der Waals surface area contributed by atoms with E-state index in [1.807, 2.05) is 3.88 Å². The third-order valence-corrected chi connectivity index (χ3v) is 8.69. The summed E-state index contributed by atoms with van der Waals surface area (Å²) in [5, 5.41) is 9.31. The zero-order valence-electron chi connectivity index (χ0n) is 11.1. The number of hydrogen-bond donors (Lipinski definition) is 0. The summed E-state index contributed by atoms with van der Waals surface area (Å²) in [6, 6.07) is 0. The first-order valence-corrected chi connectivity index (χ1v) is 14.1. The van der Waals surface area contributed by atoms with Gasteiger partial charge in [-0.15, -0.1) is 37.2 Å². The fraction of sp³-hybridized carbons (Fsp3) is 0.636. The van der Waals surface area contributed by atoms with Gasteiger partial charge in [0.1, 0.15) is 0 Å². The molecule has 5 heteroatoms. The molecule has 0 aromatic heterocycles. The summed E-state index contributed by atoms with van der Waals surface area (Å²) in [6.45, 7) is 7.39. The standard InChI is InChI=1S/C8H13Si.3CH3.3ClH.Ti/c1-9(2,3)8-6-4-5-7-8;;;;;;;/h4,6H,5H2,1-3H3;3*1H3;3*1H;. The largest absolute Gasteiger partial charge is 0.147 e. The number of hydrogen-bond acceptors (Lipinski definition) is 0. The zero-order chi connectivity index (χ0) is 10.3. The molecule has 0 radical (unpaired) electrons. The van der Waals surface area contributed by atoms with Crippen LogP contribution in [0.1, 0.15) is 6.42 Å². The Hall–Kier alpha value is 1.28. The second-order valence-corrected chi connectivity index (χ2v) is 19.0. The molecule has 98 valence electrons. The maximum atomic E-state index is 2.52. The summed E-state index contributed by atoms with van der Waals surface area (Å²) in [6.07, 6.45) is 6.06. The van der Waals surface area contributed by atoms with Crippen LogP contribution in [0, 0.1) is 0 Å². The normalized spacial score (nSPS) is 15.1. The predicted molar refractivity (Wildman–Crippen MR) is 83.5 cm³/mol. The van der Waals surface area contributed by atoms with Crippen LogP contribution in [0.2, 0.25) is 35.3 Å². The van der Waals surface area contributed by atoms with Gasteiger partial charge in [0, 0.05) is 0 Å². The van der Waals surface area contributed by atoms with E-state index in [4.69, 9.17) is 0 Å². The molecule has 0 saturated heterocycles. The molecule has 0 bridgehead atoms. The van der Waals surface area contributed by atoms with Crippen LogP contribution < -0.4 is 0 Å². The molecule has 0 fully saturated rings. The summed E-state index contributed by atoms with van der Waals surface area (Å²) >= 11 is -1.54. The molecule has 0 aromatic carbocycles. The number of allylic oxidation sites excluding steroid dienone is 4. The van der Waals surface area contributed by atoms with Crippen LogP contribution in [0.3, 0.4) is 0 Å². The predicted octanol–water partition coefficient (Wildman–Crippen LogP) is 5.64. The van der Waals surface area contributed by atoms with E-state index in [1.165, 1.54) is 6.42 Å². The average Bonchev–Trinajstić information content (AvgIpc) is 2.27. The van der Waals surface area contributed by atoms with E-state index in [-0.39, 0.29) is 37.2 Å². The Morgan fingerprint density at radius 3 is 1.69 bits per heavy atom. The molecule has 16 heavy (non-hydrogen) atoms. The smallest absolute Gasteiger partial charge is 0.147 e. The topological polar surface area (TPSA) is 0 Å². The van der Waals surface area contributed by atoms with Gasteiger partial charge in [-0.05, 0) is 0 Å². The molecule has 0 nitrogen and oxygen atoms in total. The first kappa shape index (κ1) is 22.5. The Balaban J connectivity index is -0.000000563. The van der Waals surface area contributed by atoms with Gasteiger partial charge in [-0.2, -0.15) is 0 Å². The van der Waals surface area contributed by atoms with Crippen LogP contribution in [0.15, 0.2) is 21.2 Å². The van der Waals surface area contributed by atoms with E-state index < -0.39 is 24.7 Å². The summed E-state index contributed by atoms with van der Waals surface area (Å²) in [5.74, 6) is 0. The van der Waals surface area contributed by atoms with Crippen molar-refractivity contribution >= 4 is 45.3 Å². The third kappa shape index (κ3) is 5.75. The second kappa shape index (κ2) is 7.66. The molecule has 1 rings (SSSR count). The summed E-state index contributed by atoms with van der Waals surface area (Å²) in [4.78, 5) is 0. The quantitative estimate of drug-likeness (QED) is 0.571. The molecule has 0 amide bonds. The molecule has 0 unspecified atom stereocenters. The minimum Gasteiger partial charge on any atom is -0.147 e. The number of rotatable bonds is 2. The SMILES string of the molecule is C[Si](C)(C)C1=[C]([Ti]([CH3])([CH3])[CH3])CC=C1.Cl.Cl.Cl. The van der Waals surface area contributed by atoms with Gasteiger partial charge in [0.25, 0.3) is 0 Å². The molecule has 0 aromatic rings. The molecular formula is C11H25Cl3SiTi. The van der Waals surface area contributed by atoms with Crippen molar-refractivity contribution < 1.29 is 16.6 Å². The molecule has 0 atom stereocenters. The van der Waals surface area contributed by atoms with Gasteiger partial charge in [-0.25, -0.2) is 0 Å². The van der Waals surface area contributed by atoms with E-state index in [0.717, 1.165) is 0 Å². The van der Waals surface area contributed by atoms with Gasteiger partial charge in [0.2, 0.25) is 0 Å². The minimum absolute atomic E-state index is 0. The van der Waals surface area contributed by atoms with Crippen LogP contribution in [-0.4, -0.2) is 8.07 Å². The third-order valence-electron chi connectivity index (χ3n) is 2.64. The van der Waals surface area contributed by atoms with Crippen molar-refractivity contribution in [3.05, 3.63) is 21.2 Å². The minimum atomic E-state index is -1.54. The molecule has 0 spiro atoms. The Bertz CT molecular complexity index is 272. The van der Waals surface area contributed by atoms with Crippen LogP contribution in [0.4, 0.5) is 0 Å². The fourth-order valence-electron chi connectivity index (χ4n) is 1.92. The molecule has 0 N–H and O–H groups in total. The molecule has 0 saturated carbocycles. The van der Waals surface area contributed by atoms with Gasteiger partial charge in [0.15, 0.2) is 0 Å². The van der Waals surface area contributed by atoms with Gasteiger partial charge in [0.05, 0.1) is 0 Å². The van der Waals surface area contributed by atoms with Gasteiger partial charge >= 0.3 is 87.6 Å². The molecule has 1 aliphatic carbocycles. The van der Waals surface area contributed by atoms with Crippen molar-refractivity contribution in [2.24, 2.45) is 0 Å². The maximum absolute atomic E-state index is 2.52. The van der Waals surface area contributed by atoms with Gasteiger partial charge in [-0.3, -0.25) is 0 Å². The van der Waals surface area contributed by atoms with E-state index in [0.29, 0.717) is 0 Å². The van der Waals surface area contributed by atoms with Crippen molar-refractivity contribution in [3.8, 4) is 0 Å². The van der Waals surface area contributed by atoms with Crippen LogP contribution in [0.5, 0.6) is 0 Å². The zero-order valence-corrected chi connectivity index (χ0v) is 16.1. The number of halogens is 3. The Morgan fingerprint density at radius 1 is 1.00 bits per heavy atom. The average molecular weight is 340 g/mol. The molecule has 0 heterocycles. The summed E-state index contributed by atoms with van der Waals surface area (Å²) in [7, 11) is -1.06. The van der Waals surface area contributed by atoms with Crippen LogP contribution in [-0.2, 0) is 16.6 Å². The fourth-order valence-corrected chi connectivity index (χ4v) is 9.38. The van der Waals surface area contributed by atoms with E-state index in [9.17, 15) is 0 Å². The Morgan fingerprint density at radius 2 is 1.44 bits per heavy atom. The van der Waals surface area contributed by atoms with E-state index in [2.05, 4.69) is 47.5 Å². The van der Waals surface area contributed by atoms with Crippen molar-refractivity contribution in [2.45, 2.75) is 41.7 Å². The molecule has 1 aliphatic rings. The summed E-state index contributed by atoms with van der Waals surface area (Å²) in [5.41, 5.74) is 0. The monoisotopic (exact) mass is 338 g/mol. The Labute approximate surface area is 124 Å². The second-order valence-electron chi connectivity index (χ2n) is 6.00. The van der Waals surface area contributed by atoms with Gasteiger partial charge in [-0.1, -0.05) is 0 Å². The maximum Gasteiger partial charge on any atom is -0.147 e. The first-order chi connectivity index (χ1) is 5.73. The van der Waals surface area contributed by atoms with Crippen molar-refractivity contribution in [1.82, 2.24) is 0 Å². The van der Waals surface area contributed by atoms with Crippen LogP contribution >= 0.6 is 37.2 Å². The first-order valence-electron chi connectivity index (χ1n) is 5.13. The van der Waals surface area contributed by atoms with Crippen molar-refractivity contribution in [1.29, 1.82) is 0 Å². The van der Waals surface area contributed by atoms with Crippen molar-refractivity contribution in [2.75, 3.05) is 0 Å².